The third-order valence-corrected chi connectivity index (χ3v) is 8.18. The molecule has 260 valence electrons. The highest BCUT2D eigenvalue weighted by Gasteiger charge is 2.44. The van der Waals surface area contributed by atoms with Crippen LogP contribution in [0.1, 0.15) is 142 Å². The summed E-state index contributed by atoms with van der Waals surface area (Å²) in [5.74, 6) is -0.325. The van der Waals surface area contributed by atoms with Gasteiger partial charge in [0.05, 0.1) is 19.8 Å². The van der Waals surface area contributed by atoms with Gasteiger partial charge in [-0.1, -0.05) is 109 Å². The Balaban J connectivity index is 2.37. The Labute approximate surface area is 267 Å². The zero-order valence-corrected chi connectivity index (χ0v) is 27.9. The number of esters is 1. The maximum absolute atomic E-state index is 12.6. The van der Waals surface area contributed by atoms with E-state index in [2.05, 4.69) is 26.0 Å². The molecule has 1 heterocycles. The number of hydrogen-bond acceptors (Lipinski definition) is 9. The summed E-state index contributed by atoms with van der Waals surface area (Å²) in [6.07, 6.45) is 19.5. The van der Waals surface area contributed by atoms with Crippen LogP contribution in [0.15, 0.2) is 12.2 Å². The highest BCUT2D eigenvalue weighted by atomic mass is 16.7. The first-order chi connectivity index (χ1) is 21.4. The van der Waals surface area contributed by atoms with Gasteiger partial charge in [0.25, 0.3) is 0 Å². The number of unbranched alkanes of at least 4 members (excludes halogenated alkanes) is 16. The molecule has 44 heavy (non-hydrogen) atoms. The lowest BCUT2D eigenvalue weighted by atomic mass is 9.99. The smallest absolute Gasteiger partial charge is 0.306 e. The van der Waals surface area contributed by atoms with Gasteiger partial charge in [0.1, 0.15) is 30.5 Å². The van der Waals surface area contributed by atoms with Crippen LogP contribution in [0.3, 0.4) is 0 Å². The molecule has 0 saturated carbocycles. The molecule has 0 aromatic carbocycles. The molecule has 1 aliphatic rings. The van der Waals surface area contributed by atoms with Crippen LogP contribution in [-0.4, -0.2) is 89.6 Å². The van der Waals surface area contributed by atoms with Gasteiger partial charge in [0, 0.05) is 13.0 Å². The minimum atomic E-state index is -1.53. The number of carbonyl (C=O) groups excluding carboxylic acids is 1. The molecular weight excluding hydrogens is 564 g/mol. The third-order valence-electron chi connectivity index (χ3n) is 8.18. The van der Waals surface area contributed by atoms with Crippen molar-refractivity contribution in [3.8, 4) is 0 Å². The predicted molar refractivity (Wildman–Crippen MR) is 173 cm³/mol. The Bertz CT molecular complexity index is 687. The van der Waals surface area contributed by atoms with Crippen molar-refractivity contribution in [2.45, 2.75) is 179 Å². The molecule has 0 aromatic rings. The second-order valence-electron chi connectivity index (χ2n) is 12.3. The Morgan fingerprint density at radius 3 is 1.89 bits per heavy atom. The number of aliphatic hydroxyl groups is 4. The lowest BCUT2D eigenvalue weighted by Crippen LogP contribution is -2.59. The highest BCUT2D eigenvalue weighted by Crippen LogP contribution is 2.22. The molecule has 0 aliphatic carbocycles. The summed E-state index contributed by atoms with van der Waals surface area (Å²) in [5, 5.41) is 39.8. The zero-order valence-electron chi connectivity index (χ0n) is 27.9. The van der Waals surface area contributed by atoms with Crippen LogP contribution in [0.25, 0.3) is 0 Å². The standard InChI is InChI=1S/C35H66O9/c1-3-5-7-9-11-13-14-15-16-18-20-22-24-31(37)43-29(27-41-25-23-21-19-17-12-10-8-6-4-2)28-42-35-34(40)33(39)32(38)30(26-36)44-35/h11,13,29-30,32-36,38-40H,3-10,12,14-28H2,1-2H3/b13-11-. The van der Waals surface area contributed by atoms with Gasteiger partial charge in [-0.2, -0.15) is 0 Å². The van der Waals surface area contributed by atoms with Crippen LogP contribution >= 0.6 is 0 Å². The quantitative estimate of drug-likeness (QED) is 0.0437. The molecule has 0 bridgehead atoms. The second-order valence-corrected chi connectivity index (χ2v) is 12.3. The molecule has 9 heteroatoms. The fourth-order valence-corrected chi connectivity index (χ4v) is 5.31. The van der Waals surface area contributed by atoms with Crippen LogP contribution in [0.4, 0.5) is 0 Å². The number of carbonyl (C=O) groups is 1. The van der Waals surface area contributed by atoms with E-state index < -0.39 is 43.4 Å². The van der Waals surface area contributed by atoms with Gasteiger partial charge in [-0.05, 0) is 38.5 Å². The maximum Gasteiger partial charge on any atom is 0.306 e. The zero-order chi connectivity index (χ0) is 32.3. The van der Waals surface area contributed by atoms with Crippen LogP contribution in [0, 0.1) is 0 Å². The monoisotopic (exact) mass is 630 g/mol. The van der Waals surface area contributed by atoms with Gasteiger partial charge in [-0.15, -0.1) is 0 Å². The minimum absolute atomic E-state index is 0.113. The summed E-state index contributed by atoms with van der Waals surface area (Å²) in [7, 11) is 0. The van der Waals surface area contributed by atoms with E-state index in [4.69, 9.17) is 18.9 Å². The summed E-state index contributed by atoms with van der Waals surface area (Å²) in [6.45, 7) is 4.49. The first kappa shape index (κ1) is 41.0. The second kappa shape index (κ2) is 28.2. The van der Waals surface area contributed by atoms with Crippen molar-refractivity contribution < 1.29 is 44.2 Å². The van der Waals surface area contributed by atoms with Gasteiger partial charge in [-0.3, -0.25) is 4.79 Å². The van der Waals surface area contributed by atoms with Crippen molar-refractivity contribution in [1.82, 2.24) is 0 Å². The number of hydrogen-bond donors (Lipinski definition) is 4. The molecular formula is C35H66O9. The number of aliphatic hydroxyl groups excluding tert-OH is 4. The first-order valence-corrected chi connectivity index (χ1v) is 17.8. The topological polar surface area (TPSA) is 135 Å². The van der Waals surface area contributed by atoms with Crippen molar-refractivity contribution in [2.24, 2.45) is 0 Å². The van der Waals surface area contributed by atoms with Gasteiger partial charge >= 0.3 is 5.97 Å². The van der Waals surface area contributed by atoms with E-state index in [1.165, 1.54) is 77.0 Å². The van der Waals surface area contributed by atoms with Gasteiger partial charge in [0.15, 0.2) is 6.29 Å². The molecule has 1 rings (SSSR count). The van der Waals surface area contributed by atoms with Crippen molar-refractivity contribution in [3.05, 3.63) is 12.2 Å². The summed E-state index contributed by atoms with van der Waals surface area (Å²) in [5.41, 5.74) is 0. The maximum atomic E-state index is 12.6. The number of allylic oxidation sites excluding steroid dienone is 2. The van der Waals surface area contributed by atoms with Crippen LogP contribution in [0.2, 0.25) is 0 Å². The molecule has 1 fully saturated rings. The molecule has 0 aromatic heterocycles. The average molecular weight is 631 g/mol. The summed E-state index contributed by atoms with van der Waals surface area (Å²) in [4.78, 5) is 12.6. The van der Waals surface area contributed by atoms with E-state index in [0.29, 0.717) is 13.0 Å². The van der Waals surface area contributed by atoms with Crippen LogP contribution in [0.5, 0.6) is 0 Å². The molecule has 0 spiro atoms. The van der Waals surface area contributed by atoms with Crippen molar-refractivity contribution in [3.63, 3.8) is 0 Å². The predicted octanol–water partition coefficient (Wildman–Crippen LogP) is 6.13. The van der Waals surface area contributed by atoms with Crippen molar-refractivity contribution in [2.75, 3.05) is 26.4 Å². The van der Waals surface area contributed by atoms with E-state index in [1.54, 1.807) is 0 Å². The molecule has 9 nitrogen and oxygen atoms in total. The molecule has 0 radical (unpaired) electrons. The highest BCUT2D eigenvalue weighted by molar-refractivity contribution is 5.69. The van der Waals surface area contributed by atoms with Gasteiger partial charge in [-0.25, -0.2) is 0 Å². The number of rotatable bonds is 29. The lowest BCUT2D eigenvalue weighted by Gasteiger charge is -2.39. The lowest BCUT2D eigenvalue weighted by molar-refractivity contribution is -0.305. The van der Waals surface area contributed by atoms with Gasteiger partial charge in [0.2, 0.25) is 0 Å². The average Bonchev–Trinajstić information content (AvgIpc) is 3.02. The summed E-state index contributed by atoms with van der Waals surface area (Å²) in [6, 6.07) is 0. The molecule has 6 unspecified atom stereocenters. The van der Waals surface area contributed by atoms with E-state index in [9.17, 15) is 25.2 Å². The fourth-order valence-electron chi connectivity index (χ4n) is 5.31. The van der Waals surface area contributed by atoms with Crippen LogP contribution < -0.4 is 0 Å². The molecule has 1 aliphatic heterocycles. The molecule has 6 atom stereocenters. The molecule has 0 amide bonds. The van der Waals surface area contributed by atoms with E-state index >= 15 is 0 Å². The van der Waals surface area contributed by atoms with E-state index in [-0.39, 0.29) is 19.2 Å². The van der Waals surface area contributed by atoms with Crippen molar-refractivity contribution >= 4 is 5.97 Å². The van der Waals surface area contributed by atoms with E-state index in [0.717, 1.165) is 44.9 Å². The fraction of sp³-hybridized carbons (Fsp3) is 0.914. The Kier molecular flexibility index (Phi) is 26.2. The van der Waals surface area contributed by atoms with Crippen molar-refractivity contribution in [1.29, 1.82) is 0 Å². The minimum Gasteiger partial charge on any atom is -0.457 e. The van der Waals surface area contributed by atoms with E-state index in [1.807, 2.05) is 0 Å². The van der Waals surface area contributed by atoms with Crippen LogP contribution in [-0.2, 0) is 23.7 Å². The summed E-state index contributed by atoms with van der Waals surface area (Å²) < 4.78 is 22.6. The summed E-state index contributed by atoms with van der Waals surface area (Å²) >= 11 is 0. The van der Waals surface area contributed by atoms with Gasteiger partial charge < -0.3 is 39.4 Å². The largest absolute Gasteiger partial charge is 0.457 e. The SMILES string of the molecule is CCCCC/C=C\CCCCCCCC(=O)OC(COCCCCCCCCCCC)COC1OC(CO)C(O)C(O)C1O. The molecule has 4 N–H and O–H groups in total. The first-order valence-electron chi connectivity index (χ1n) is 17.8. The Morgan fingerprint density at radius 2 is 1.25 bits per heavy atom. The number of ether oxygens (including phenoxy) is 4. The molecule has 1 saturated heterocycles. The Hall–Kier alpha value is -1.07. The Morgan fingerprint density at radius 1 is 0.705 bits per heavy atom. The third kappa shape index (κ3) is 20.1. The normalized spacial score (nSPS) is 22.9.